The maximum Gasteiger partial charge on any atom is 0.244 e. The van der Waals surface area contributed by atoms with Crippen LogP contribution >= 0.6 is 0 Å². The third kappa shape index (κ3) is 2.97. The van der Waals surface area contributed by atoms with Gasteiger partial charge in [-0.05, 0) is 32.4 Å². The van der Waals surface area contributed by atoms with Gasteiger partial charge < -0.3 is 15.5 Å². The molecule has 1 amide bonds. The van der Waals surface area contributed by atoms with E-state index in [9.17, 15) is 9.18 Å². The van der Waals surface area contributed by atoms with Crippen LogP contribution in [0.15, 0.2) is 18.2 Å². The summed E-state index contributed by atoms with van der Waals surface area (Å²) in [6.45, 7) is 4.68. The van der Waals surface area contributed by atoms with Crippen LogP contribution in [0.3, 0.4) is 0 Å². The van der Waals surface area contributed by atoms with Crippen molar-refractivity contribution in [2.24, 2.45) is 0 Å². The van der Waals surface area contributed by atoms with Crippen LogP contribution in [-0.2, 0) is 4.79 Å². The number of para-hydroxylation sites is 1. The second kappa shape index (κ2) is 5.47. The number of nitrogens with one attached hydrogen (secondary N) is 2. The van der Waals surface area contributed by atoms with Crippen molar-refractivity contribution in [3.05, 3.63) is 24.0 Å². The van der Waals surface area contributed by atoms with Crippen molar-refractivity contribution in [2.75, 3.05) is 24.2 Å². The molecule has 2 N–H and O–H groups in total. The van der Waals surface area contributed by atoms with Crippen LogP contribution in [-0.4, -0.2) is 36.5 Å². The van der Waals surface area contributed by atoms with Gasteiger partial charge in [0, 0.05) is 19.6 Å². The van der Waals surface area contributed by atoms with Crippen LogP contribution in [0.1, 0.15) is 20.3 Å². The van der Waals surface area contributed by atoms with E-state index in [2.05, 4.69) is 10.6 Å². The number of rotatable bonds is 4. The van der Waals surface area contributed by atoms with Crippen LogP contribution in [0.4, 0.5) is 15.8 Å². The molecule has 104 valence electrons. The summed E-state index contributed by atoms with van der Waals surface area (Å²) >= 11 is 0. The second-order valence-electron chi connectivity index (χ2n) is 5.21. The van der Waals surface area contributed by atoms with Crippen molar-refractivity contribution in [3.8, 4) is 0 Å². The topological polar surface area (TPSA) is 44.4 Å². The van der Waals surface area contributed by atoms with Gasteiger partial charge in [0.05, 0.1) is 11.4 Å². The van der Waals surface area contributed by atoms with Gasteiger partial charge in [0.2, 0.25) is 5.91 Å². The Labute approximate surface area is 113 Å². The number of carbonyl (C=O) groups excluding carboxylic acids is 1. The van der Waals surface area contributed by atoms with Gasteiger partial charge in [-0.1, -0.05) is 6.07 Å². The van der Waals surface area contributed by atoms with Gasteiger partial charge in [-0.15, -0.1) is 0 Å². The zero-order chi connectivity index (χ0) is 14.0. The van der Waals surface area contributed by atoms with Crippen molar-refractivity contribution in [2.45, 2.75) is 32.4 Å². The molecule has 1 atom stereocenters. The van der Waals surface area contributed by atoms with E-state index in [0.717, 1.165) is 0 Å². The van der Waals surface area contributed by atoms with Gasteiger partial charge in [-0.2, -0.15) is 0 Å². The number of amides is 1. The molecule has 0 spiro atoms. The first-order valence-electron chi connectivity index (χ1n) is 6.55. The Morgan fingerprint density at radius 2 is 2.16 bits per heavy atom. The lowest BCUT2D eigenvalue weighted by Crippen LogP contribution is -2.31. The van der Waals surface area contributed by atoms with Gasteiger partial charge in [-0.3, -0.25) is 4.79 Å². The molecule has 1 aromatic carbocycles. The summed E-state index contributed by atoms with van der Waals surface area (Å²) < 4.78 is 14.0. The SMILES string of the molecule is CC(C)Nc1cccc(F)c1NC1CCN(C)C1=O. The zero-order valence-electron chi connectivity index (χ0n) is 11.5. The van der Waals surface area contributed by atoms with Crippen LogP contribution < -0.4 is 10.6 Å². The summed E-state index contributed by atoms with van der Waals surface area (Å²) in [4.78, 5) is 13.5. The Hall–Kier alpha value is -1.78. The minimum Gasteiger partial charge on any atom is -0.381 e. The predicted molar refractivity (Wildman–Crippen MR) is 74.8 cm³/mol. The summed E-state index contributed by atoms with van der Waals surface area (Å²) in [5.41, 5.74) is 1.07. The third-order valence-corrected chi connectivity index (χ3v) is 3.20. The molecule has 19 heavy (non-hydrogen) atoms. The fourth-order valence-electron chi connectivity index (χ4n) is 2.23. The van der Waals surface area contributed by atoms with Crippen LogP contribution in [0.2, 0.25) is 0 Å². The average molecular weight is 265 g/mol. The van der Waals surface area contributed by atoms with E-state index in [-0.39, 0.29) is 23.8 Å². The van der Waals surface area contributed by atoms with E-state index in [0.29, 0.717) is 24.3 Å². The summed E-state index contributed by atoms with van der Waals surface area (Å²) in [7, 11) is 1.76. The molecule has 0 aliphatic carbocycles. The van der Waals surface area contributed by atoms with Gasteiger partial charge in [0.15, 0.2) is 0 Å². The maximum absolute atomic E-state index is 14.0. The van der Waals surface area contributed by atoms with Crippen LogP contribution in [0, 0.1) is 5.82 Å². The summed E-state index contributed by atoms with van der Waals surface area (Å²) in [6.07, 6.45) is 0.699. The second-order valence-corrected chi connectivity index (χ2v) is 5.21. The first-order chi connectivity index (χ1) is 8.99. The van der Waals surface area contributed by atoms with E-state index in [1.807, 2.05) is 19.9 Å². The maximum atomic E-state index is 14.0. The molecule has 1 saturated heterocycles. The Morgan fingerprint density at radius 1 is 1.42 bits per heavy atom. The highest BCUT2D eigenvalue weighted by molar-refractivity contribution is 5.87. The molecule has 0 bridgehead atoms. The van der Waals surface area contributed by atoms with Gasteiger partial charge >= 0.3 is 0 Å². The highest BCUT2D eigenvalue weighted by atomic mass is 19.1. The first-order valence-corrected chi connectivity index (χ1v) is 6.55. The number of halogens is 1. The first kappa shape index (κ1) is 13.6. The zero-order valence-corrected chi connectivity index (χ0v) is 11.5. The highest BCUT2D eigenvalue weighted by Crippen LogP contribution is 2.28. The Bertz CT molecular complexity index is 476. The van der Waals surface area contributed by atoms with E-state index in [1.165, 1.54) is 6.07 Å². The van der Waals surface area contributed by atoms with Crippen LogP contribution in [0.25, 0.3) is 0 Å². The standard InChI is InChI=1S/C14H20FN3O/c1-9(2)16-11-6-4-5-10(15)13(11)17-12-7-8-18(3)14(12)19/h4-6,9,12,16-17H,7-8H2,1-3H3. The van der Waals surface area contributed by atoms with Crippen molar-refractivity contribution < 1.29 is 9.18 Å². The lowest BCUT2D eigenvalue weighted by atomic mass is 10.2. The van der Waals surface area contributed by atoms with Gasteiger partial charge in [0.1, 0.15) is 11.9 Å². The molecule has 1 aliphatic rings. The Morgan fingerprint density at radius 3 is 2.74 bits per heavy atom. The summed E-state index contributed by atoms with van der Waals surface area (Å²) in [6, 6.07) is 4.73. The van der Waals surface area contributed by atoms with Gasteiger partial charge in [0.25, 0.3) is 0 Å². The van der Waals surface area contributed by atoms with Crippen molar-refractivity contribution in [3.63, 3.8) is 0 Å². The van der Waals surface area contributed by atoms with Crippen molar-refractivity contribution in [1.82, 2.24) is 4.90 Å². The number of carbonyl (C=O) groups is 1. The lowest BCUT2D eigenvalue weighted by molar-refractivity contribution is -0.127. The molecule has 0 saturated carbocycles. The smallest absolute Gasteiger partial charge is 0.244 e. The largest absolute Gasteiger partial charge is 0.381 e. The summed E-state index contributed by atoms with van der Waals surface area (Å²) in [5.74, 6) is -0.327. The molecular weight excluding hydrogens is 245 g/mol. The molecular formula is C14H20FN3O. The minimum absolute atomic E-state index is 0.0127. The number of anilines is 2. The molecule has 1 fully saturated rings. The third-order valence-electron chi connectivity index (χ3n) is 3.20. The number of benzene rings is 1. The van der Waals surface area contributed by atoms with Crippen molar-refractivity contribution >= 4 is 17.3 Å². The quantitative estimate of drug-likeness (QED) is 0.878. The molecule has 1 aromatic rings. The highest BCUT2D eigenvalue weighted by Gasteiger charge is 2.30. The Kier molecular flexibility index (Phi) is 3.93. The van der Waals surface area contributed by atoms with E-state index < -0.39 is 0 Å². The number of nitrogens with zero attached hydrogens (tertiary/aromatic N) is 1. The number of likely N-dealkylation sites (tertiary alicyclic amines) is 1. The minimum atomic E-state index is -0.340. The van der Waals surface area contributed by atoms with E-state index in [1.54, 1.807) is 18.0 Å². The molecule has 0 radical (unpaired) electrons. The van der Waals surface area contributed by atoms with Crippen molar-refractivity contribution in [1.29, 1.82) is 0 Å². The molecule has 1 aliphatic heterocycles. The normalized spacial score (nSPS) is 19.1. The lowest BCUT2D eigenvalue weighted by Gasteiger charge is -2.19. The molecule has 2 rings (SSSR count). The molecule has 5 heteroatoms. The molecule has 0 aromatic heterocycles. The molecule has 1 heterocycles. The monoisotopic (exact) mass is 265 g/mol. The predicted octanol–water partition coefficient (Wildman–Crippen LogP) is 2.29. The number of likely N-dealkylation sites (N-methyl/N-ethyl adjacent to an activating group) is 1. The molecule has 4 nitrogen and oxygen atoms in total. The van der Waals surface area contributed by atoms with Crippen LogP contribution in [0.5, 0.6) is 0 Å². The number of hydrogen-bond donors (Lipinski definition) is 2. The van der Waals surface area contributed by atoms with E-state index >= 15 is 0 Å². The average Bonchev–Trinajstić information content (AvgIpc) is 2.64. The Balaban J connectivity index is 2.21. The number of hydrogen-bond acceptors (Lipinski definition) is 3. The molecule has 1 unspecified atom stereocenters. The summed E-state index contributed by atoms with van der Waals surface area (Å²) in [5, 5.41) is 6.22. The van der Waals surface area contributed by atoms with E-state index in [4.69, 9.17) is 0 Å². The fourth-order valence-corrected chi connectivity index (χ4v) is 2.23. The fraction of sp³-hybridized carbons (Fsp3) is 0.500. The van der Waals surface area contributed by atoms with Gasteiger partial charge in [-0.25, -0.2) is 4.39 Å².